The lowest BCUT2D eigenvalue weighted by Crippen LogP contribution is -2.33. The Morgan fingerprint density at radius 1 is 1.32 bits per heavy atom. The Morgan fingerprint density at radius 3 is 2.73 bits per heavy atom. The molecule has 2 N–H and O–H groups in total. The third kappa shape index (κ3) is 4.45. The molecule has 0 bridgehead atoms. The van der Waals surface area contributed by atoms with Crippen molar-refractivity contribution >= 4 is 17.5 Å². The maximum atomic E-state index is 12.2. The zero-order valence-corrected chi connectivity index (χ0v) is 11.6. The highest BCUT2D eigenvalue weighted by molar-refractivity contribution is 5.94. The van der Waals surface area contributed by atoms with Crippen molar-refractivity contribution < 1.29 is 27.5 Å². The molecule has 1 fully saturated rings. The van der Waals surface area contributed by atoms with Crippen LogP contribution in [0.5, 0.6) is 0 Å². The van der Waals surface area contributed by atoms with Crippen molar-refractivity contribution in [3.05, 3.63) is 29.8 Å². The number of anilines is 1. The van der Waals surface area contributed by atoms with Gasteiger partial charge in [0, 0.05) is 18.8 Å². The molecule has 0 spiro atoms. The zero-order valence-electron chi connectivity index (χ0n) is 11.6. The molecule has 8 heteroatoms. The van der Waals surface area contributed by atoms with Crippen molar-refractivity contribution in [3.63, 3.8) is 0 Å². The summed E-state index contributed by atoms with van der Waals surface area (Å²) in [4.78, 5) is 22.6. The average molecular weight is 316 g/mol. The number of benzene rings is 1. The fourth-order valence-corrected chi connectivity index (χ4v) is 2.05. The Kier molecular flexibility index (Phi) is 5.02. The summed E-state index contributed by atoms with van der Waals surface area (Å²) in [5, 5.41) is 4.42. The number of carbonyl (C=O) groups excluding carboxylic acids is 2. The molecule has 1 unspecified atom stereocenters. The van der Waals surface area contributed by atoms with Crippen molar-refractivity contribution in [3.8, 4) is 0 Å². The summed E-state index contributed by atoms with van der Waals surface area (Å²) in [6.07, 6.45) is -3.91. The van der Waals surface area contributed by atoms with E-state index in [4.69, 9.17) is 4.74 Å². The van der Waals surface area contributed by atoms with Crippen LogP contribution in [-0.4, -0.2) is 30.7 Å². The first-order chi connectivity index (χ1) is 10.4. The summed E-state index contributed by atoms with van der Waals surface area (Å²) >= 11 is 0. The van der Waals surface area contributed by atoms with Gasteiger partial charge in [-0.15, -0.1) is 0 Å². The lowest BCUT2D eigenvalue weighted by atomic mass is 10.2. The van der Waals surface area contributed by atoms with Gasteiger partial charge in [-0.3, -0.25) is 9.59 Å². The minimum atomic E-state index is -4.94. The predicted octanol–water partition coefficient (Wildman–Crippen LogP) is 1.98. The van der Waals surface area contributed by atoms with Crippen LogP contribution >= 0.6 is 0 Å². The van der Waals surface area contributed by atoms with E-state index >= 15 is 0 Å². The Balaban J connectivity index is 1.91. The van der Waals surface area contributed by atoms with Gasteiger partial charge in [-0.25, -0.2) is 0 Å². The van der Waals surface area contributed by atoms with Gasteiger partial charge in [0.25, 0.3) is 0 Å². The zero-order chi connectivity index (χ0) is 16.2. The second kappa shape index (κ2) is 6.78. The Labute approximate surface area is 124 Å². The molecule has 2 rings (SSSR count). The second-order valence-corrected chi connectivity index (χ2v) is 4.87. The van der Waals surface area contributed by atoms with Crippen LogP contribution in [0.4, 0.5) is 18.9 Å². The molecule has 1 saturated heterocycles. The molecule has 0 saturated carbocycles. The fraction of sp³-hybridized carbons (Fsp3) is 0.429. The lowest BCUT2D eigenvalue weighted by Gasteiger charge is -2.12. The van der Waals surface area contributed by atoms with Crippen molar-refractivity contribution in [2.24, 2.45) is 0 Å². The van der Waals surface area contributed by atoms with E-state index in [-0.39, 0.29) is 18.1 Å². The standard InChI is InChI=1S/C14H15F3N2O3/c15-14(16,17)13(21)19-10-4-1-3-9(7-10)8-18-12(20)11-5-2-6-22-11/h1,3-4,7,11H,2,5-6,8H2,(H,18,20)(H,19,21). The SMILES string of the molecule is O=C(NCc1cccc(NC(=O)C(F)(F)F)c1)C1CCCO1. The van der Waals surface area contributed by atoms with E-state index in [0.717, 1.165) is 6.42 Å². The topological polar surface area (TPSA) is 67.4 Å². The van der Waals surface area contributed by atoms with Crippen LogP contribution in [0, 0.1) is 0 Å². The van der Waals surface area contributed by atoms with Gasteiger partial charge in [0.05, 0.1) is 0 Å². The first kappa shape index (κ1) is 16.3. The van der Waals surface area contributed by atoms with Crippen LogP contribution in [0.3, 0.4) is 0 Å². The molecular formula is C14H15F3N2O3. The van der Waals surface area contributed by atoms with Crippen LogP contribution in [0.2, 0.25) is 0 Å². The molecule has 1 heterocycles. The van der Waals surface area contributed by atoms with Gasteiger partial charge >= 0.3 is 12.1 Å². The third-order valence-corrected chi connectivity index (χ3v) is 3.13. The lowest BCUT2D eigenvalue weighted by molar-refractivity contribution is -0.167. The first-order valence-electron chi connectivity index (χ1n) is 6.72. The minimum absolute atomic E-state index is 0.0196. The Hall–Kier alpha value is -2.09. The number of hydrogen-bond donors (Lipinski definition) is 2. The van der Waals surface area contributed by atoms with E-state index in [1.165, 1.54) is 18.2 Å². The van der Waals surface area contributed by atoms with Crippen LogP contribution < -0.4 is 10.6 Å². The quantitative estimate of drug-likeness (QED) is 0.892. The van der Waals surface area contributed by atoms with E-state index in [1.54, 1.807) is 11.4 Å². The number of hydrogen-bond acceptors (Lipinski definition) is 3. The van der Waals surface area contributed by atoms with Crippen molar-refractivity contribution in [2.75, 3.05) is 11.9 Å². The van der Waals surface area contributed by atoms with E-state index in [1.807, 2.05) is 0 Å². The van der Waals surface area contributed by atoms with Gasteiger partial charge in [-0.05, 0) is 30.5 Å². The Morgan fingerprint density at radius 2 is 2.09 bits per heavy atom. The number of halogens is 3. The van der Waals surface area contributed by atoms with E-state index in [0.29, 0.717) is 18.6 Å². The molecule has 0 aromatic heterocycles. The first-order valence-corrected chi connectivity index (χ1v) is 6.72. The Bertz CT molecular complexity index is 555. The molecule has 22 heavy (non-hydrogen) atoms. The maximum Gasteiger partial charge on any atom is 0.471 e. The van der Waals surface area contributed by atoms with Crippen LogP contribution in [0.25, 0.3) is 0 Å². The van der Waals surface area contributed by atoms with E-state index in [9.17, 15) is 22.8 Å². The smallest absolute Gasteiger partial charge is 0.368 e. The molecule has 120 valence electrons. The van der Waals surface area contributed by atoms with Crippen LogP contribution in [-0.2, 0) is 20.9 Å². The van der Waals surface area contributed by atoms with Crippen LogP contribution in [0.15, 0.2) is 24.3 Å². The van der Waals surface area contributed by atoms with Crippen molar-refractivity contribution in [1.82, 2.24) is 5.32 Å². The molecule has 0 aliphatic carbocycles. The number of rotatable bonds is 4. The number of carbonyl (C=O) groups is 2. The van der Waals surface area contributed by atoms with Gasteiger partial charge < -0.3 is 15.4 Å². The number of amides is 2. The number of nitrogens with one attached hydrogen (secondary N) is 2. The fourth-order valence-electron chi connectivity index (χ4n) is 2.05. The molecule has 1 aliphatic rings. The van der Waals surface area contributed by atoms with Gasteiger partial charge in [-0.1, -0.05) is 12.1 Å². The maximum absolute atomic E-state index is 12.2. The molecule has 2 amide bonds. The second-order valence-electron chi connectivity index (χ2n) is 4.87. The summed E-state index contributed by atoms with van der Waals surface area (Å²) in [5.41, 5.74) is 0.595. The highest BCUT2D eigenvalue weighted by atomic mass is 19.4. The summed E-state index contributed by atoms with van der Waals surface area (Å²) in [6.45, 7) is 0.700. The predicted molar refractivity (Wildman–Crippen MR) is 71.9 cm³/mol. The van der Waals surface area contributed by atoms with Gasteiger partial charge in [0.1, 0.15) is 6.10 Å². The van der Waals surface area contributed by atoms with E-state index in [2.05, 4.69) is 5.32 Å². The monoisotopic (exact) mass is 316 g/mol. The summed E-state index contributed by atoms with van der Waals surface area (Å²) in [7, 11) is 0. The van der Waals surface area contributed by atoms with Gasteiger partial charge in [0.2, 0.25) is 5.91 Å². The molecule has 0 radical (unpaired) electrons. The number of alkyl halides is 3. The van der Waals surface area contributed by atoms with Crippen molar-refractivity contribution in [1.29, 1.82) is 0 Å². The molecule has 1 aromatic rings. The molecule has 1 atom stereocenters. The highest BCUT2D eigenvalue weighted by Gasteiger charge is 2.38. The highest BCUT2D eigenvalue weighted by Crippen LogP contribution is 2.19. The number of ether oxygens (including phenoxy) is 1. The van der Waals surface area contributed by atoms with Crippen molar-refractivity contribution in [2.45, 2.75) is 31.7 Å². The van der Waals surface area contributed by atoms with Crippen LogP contribution in [0.1, 0.15) is 18.4 Å². The average Bonchev–Trinajstić information content (AvgIpc) is 2.98. The summed E-state index contributed by atoms with van der Waals surface area (Å²) < 4.78 is 41.8. The summed E-state index contributed by atoms with van der Waals surface area (Å²) in [5.74, 6) is -2.28. The van der Waals surface area contributed by atoms with Gasteiger partial charge in [0.15, 0.2) is 0 Å². The van der Waals surface area contributed by atoms with Gasteiger partial charge in [-0.2, -0.15) is 13.2 Å². The summed E-state index contributed by atoms with van der Waals surface area (Å²) in [6, 6.07) is 5.85. The largest absolute Gasteiger partial charge is 0.471 e. The molecular weight excluding hydrogens is 301 g/mol. The molecule has 5 nitrogen and oxygen atoms in total. The normalized spacial score (nSPS) is 18.0. The minimum Gasteiger partial charge on any atom is -0.368 e. The van der Waals surface area contributed by atoms with E-state index < -0.39 is 18.2 Å². The third-order valence-electron chi connectivity index (χ3n) is 3.13. The molecule has 1 aliphatic heterocycles. The molecule has 1 aromatic carbocycles.